The van der Waals surface area contributed by atoms with Gasteiger partial charge >= 0.3 is 0 Å². The Morgan fingerprint density at radius 2 is 2.17 bits per heavy atom. The Kier molecular flexibility index (Phi) is 4.24. The van der Waals surface area contributed by atoms with Crippen LogP contribution in [0.3, 0.4) is 0 Å². The van der Waals surface area contributed by atoms with E-state index in [-0.39, 0.29) is 18.1 Å². The summed E-state index contributed by atoms with van der Waals surface area (Å²) in [5, 5.41) is 4.65. The number of hydrogen-bond donors (Lipinski definition) is 0. The summed E-state index contributed by atoms with van der Waals surface area (Å²) in [6.45, 7) is 5.88. The van der Waals surface area contributed by atoms with Crippen LogP contribution in [0.4, 0.5) is 0 Å². The van der Waals surface area contributed by atoms with Crippen molar-refractivity contribution in [3.8, 4) is 0 Å². The number of carbonyl (C=O) groups is 1. The minimum Gasteiger partial charge on any atom is -0.372 e. The molecule has 0 bridgehead atoms. The standard InChI is InChI=1S/C12H18ClN3O2/c1-9-6-15(7-10(2)18-9)12(17)3-4-16-8-11(13)5-14-16/h5,8-10H,3-4,6-7H2,1-2H3. The van der Waals surface area contributed by atoms with Crippen molar-refractivity contribution in [1.29, 1.82) is 0 Å². The molecule has 18 heavy (non-hydrogen) atoms. The molecule has 1 aromatic rings. The third-order valence-electron chi connectivity index (χ3n) is 2.93. The second-order valence-corrected chi connectivity index (χ2v) is 5.16. The highest BCUT2D eigenvalue weighted by atomic mass is 35.5. The lowest BCUT2D eigenvalue weighted by Crippen LogP contribution is -2.48. The molecule has 2 rings (SSSR count). The number of hydrogen-bond acceptors (Lipinski definition) is 3. The Hall–Kier alpha value is -1.07. The molecule has 1 amide bonds. The quantitative estimate of drug-likeness (QED) is 0.838. The lowest BCUT2D eigenvalue weighted by Gasteiger charge is -2.35. The highest BCUT2D eigenvalue weighted by molar-refractivity contribution is 6.30. The van der Waals surface area contributed by atoms with Gasteiger partial charge in [0.15, 0.2) is 0 Å². The smallest absolute Gasteiger partial charge is 0.224 e. The van der Waals surface area contributed by atoms with Crippen molar-refractivity contribution in [3.05, 3.63) is 17.4 Å². The van der Waals surface area contributed by atoms with Gasteiger partial charge in [-0.2, -0.15) is 5.10 Å². The Labute approximate surface area is 112 Å². The van der Waals surface area contributed by atoms with Crippen molar-refractivity contribution in [1.82, 2.24) is 14.7 Å². The number of rotatable bonds is 3. The van der Waals surface area contributed by atoms with Crippen LogP contribution in [0.25, 0.3) is 0 Å². The number of amides is 1. The highest BCUT2D eigenvalue weighted by Gasteiger charge is 2.25. The van der Waals surface area contributed by atoms with Crippen LogP contribution >= 0.6 is 11.6 Å². The highest BCUT2D eigenvalue weighted by Crippen LogP contribution is 2.12. The fourth-order valence-electron chi connectivity index (χ4n) is 2.21. The molecule has 0 spiro atoms. The van der Waals surface area contributed by atoms with Crippen LogP contribution in [0.5, 0.6) is 0 Å². The second-order valence-electron chi connectivity index (χ2n) is 4.73. The number of carbonyl (C=O) groups excluding carboxylic acids is 1. The molecule has 1 aliphatic rings. The van der Waals surface area contributed by atoms with Gasteiger partial charge < -0.3 is 9.64 Å². The molecule has 0 aliphatic carbocycles. The lowest BCUT2D eigenvalue weighted by molar-refractivity contribution is -0.143. The Morgan fingerprint density at radius 3 is 2.72 bits per heavy atom. The van der Waals surface area contributed by atoms with Gasteiger partial charge in [0.2, 0.25) is 5.91 Å². The van der Waals surface area contributed by atoms with E-state index in [0.717, 1.165) is 0 Å². The normalized spacial score (nSPS) is 24.3. The van der Waals surface area contributed by atoms with Gasteiger partial charge in [-0.25, -0.2) is 0 Å². The van der Waals surface area contributed by atoms with E-state index in [2.05, 4.69) is 5.10 Å². The van der Waals surface area contributed by atoms with E-state index < -0.39 is 0 Å². The van der Waals surface area contributed by atoms with Crippen LogP contribution in [-0.2, 0) is 16.1 Å². The van der Waals surface area contributed by atoms with Crippen LogP contribution in [0.2, 0.25) is 5.02 Å². The van der Waals surface area contributed by atoms with Gasteiger partial charge in [-0.3, -0.25) is 9.48 Å². The molecule has 2 unspecified atom stereocenters. The average molecular weight is 272 g/mol. The van der Waals surface area contributed by atoms with Gasteiger partial charge in [0.05, 0.1) is 23.4 Å². The zero-order chi connectivity index (χ0) is 13.1. The van der Waals surface area contributed by atoms with Gasteiger partial charge in [-0.1, -0.05) is 11.6 Å². The molecule has 100 valence electrons. The first-order valence-electron chi connectivity index (χ1n) is 6.16. The van der Waals surface area contributed by atoms with Crippen LogP contribution in [0.1, 0.15) is 20.3 Å². The van der Waals surface area contributed by atoms with Crippen molar-refractivity contribution >= 4 is 17.5 Å². The number of halogens is 1. The first-order valence-corrected chi connectivity index (χ1v) is 6.53. The maximum Gasteiger partial charge on any atom is 0.224 e. The van der Waals surface area contributed by atoms with Crippen LogP contribution < -0.4 is 0 Å². The molecule has 1 aliphatic heterocycles. The Balaban J connectivity index is 1.84. The largest absolute Gasteiger partial charge is 0.372 e. The fraction of sp³-hybridized carbons (Fsp3) is 0.667. The monoisotopic (exact) mass is 271 g/mol. The summed E-state index contributed by atoms with van der Waals surface area (Å²) >= 11 is 5.77. The third-order valence-corrected chi connectivity index (χ3v) is 3.12. The first kappa shape index (κ1) is 13.4. The molecule has 1 fully saturated rings. The Morgan fingerprint density at radius 1 is 1.50 bits per heavy atom. The number of ether oxygens (including phenoxy) is 1. The van der Waals surface area contributed by atoms with Crippen molar-refractivity contribution in [2.45, 2.75) is 39.0 Å². The SMILES string of the molecule is CC1CN(C(=O)CCn2cc(Cl)cn2)CC(C)O1. The molecule has 0 aromatic carbocycles. The van der Waals surface area contributed by atoms with E-state index in [1.165, 1.54) is 0 Å². The van der Waals surface area contributed by atoms with Crippen LogP contribution in [0.15, 0.2) is 12.4 Å². The molecule has 0 saturated carbocycles. The number of nitrogens with zero attached hydrogens (tertiary/aromatic N) is 3. The number of aromatic nitrogens is 2. The van der Waals surface area contributed by atoms with Crippen molar-refractivity contribution in [2.24, 2.45) is 0 Å². The topological polar surface area (TPSA) is 47.4 Å². The molecular formula is C12H18ClN3O2. The number of morpholine rings is 1. The molecule has 0 radical (unpaired) electrons. The number of aryl methyl sites for hydroxylation is 1. The van der Waals surface area contributed by atoms with Gasteiger partial charge in [0.1, 0.15) is 0 Å². The molecule has 5 nitrogen and oxygen atoms in total. The molecule has 1 aromatic heterocycles. The van der Waals surface area contributed by atoms with Gasteiger partial charge in [0, 0.05) is 32.3 Å². The summed E-state index contributed by atoms with van der Waals surface area (Å²) in [6, 6.07) is 0. The maximum atomic E-state index is 12.1. The van der Waals surface area contributed by atoms with Crippen LogP contribution in [0, 0.1) is 0 Å². The fourth-order valence-corrected chi connectivity index (χ4v) is 2.37. The molecule has 6 heteroatoms. The van der Waals surface area contributed by atoms with E-state index >= 15 is 0 Å². The molecule has 0 N–H and O–H groups in total. The Bertz CT molecular complexity index is 411. The van der Waals surface area contributed by atoms with Crippen molar-refractivity contribution < 1.29 is 9.53 Å². The predicted molar refractivity (Wildman–Crippen MR) is 68.4 cm³/mol. The molecule has 2 heterocycles. The van der Waals surface area contributed by atoms with Gasteiger partial charge in [-0.15, -0.1) is 0 Å². The zero-order valence-electron chi connectivity index (χ0n) is 10.7. The van der Waals surface area contributed by atoms with E-state index in [4.69, 9.17) is 16.3 Å². The van der Waals surface area contributed by atoms with E-state index in [1.54, 1.807) is 17.1 Å². The summed E-state index contributed by atoms with van der Waals surface area (Å²) in [7, 11) is 0. The molecular weight excluding hydrogens is 254 g/mol. The third kappa shape index (κ3) is 3.46. The lowest BCUT2D eigenvalue weighted by atomic mass is 10.2. The van der Waals surface area contributed by atoms with E-state index in [9.17, 15) is 4.79 Å². The summed E-state index contributed by atoms with van der Waals surface area (Å²) in [5.74, 6) is 0.142. The second kappa shape index (κ2) is 5.71. The van der Waals surface area contributed by atoms with E-state index in [1.807, 2.05) is 18.7 Å². The average Bonchev–Trinajstić information content (AvgIpc) is 2.70. The molecule has 2 atom stereocenters. The first-order chi connectivity index (χ1) is 8.54. The summed E-state index contributed by atoms with van der Waals surface area (Å²) < 4.78 is 7.29. The summed E-state index contributed by atoms with van der Waals surface area (Å²) in [5.41, 5.74) is 0. The predicted octanol–water partition coefficient (Wildman–Crippen LogP) is 1.56. The van der Waals surface area contributed by atoms with Crippen molar-refractivity contribution in [3.63, 3.8) is 0 Å². The summed E-state index contributed by atoms with van der Waals surface area (Å²) in [4.78, 5) is 13.9. The minimum atomic E-state index is 0.108. The van der Waals surface area contributed by atoms with Crippen LogP contribution in [-0.4, -0.2) is 45.9 Å². The summed E-state index contributed by atoms with van der Waals surface area (Å²) in [6.07, 6.45) is 3.95. The maximum absolute atomic E-state index is 12.1. The zero-order valence-corrected chi connectivity index (χ0v) is 11.4. The van der Waals surface area contributed by atoms with Gasteiger partial charge in [-0.05, 0) is 13.8 Å². The minimum absolute atomic E-state index is 0.108. The van der Waals surface area contributed by atoms with E-state index in [0.29, 0.717) is 31.1 Å². The van der Waals surface area contributed by atoms with Crippen molar-refractivity contribution in [2.75, 3.05) is 13.1 Å². The van der Waals surface area contributed by atoms with Gasteiger partial charge in [0.25, 0.3) is 0 Å². The molecule has 1 saturated heterocycles.